The molecule has 2 aliphatic heterocycles. The van der Waals surface area contributed by atoms with Gasteiger partial charge in [-0.15, -0.1) is 0 Å². The highest BCUT2D eigenvalue weighted by Gasteiger charge is 2.48. The average Bonchev–Trinajstić information content (AvgIpc) is 3.31. The molecule has 6 nitrogen and oxygen atoms in total. The molecule has 0 radical (unpaired) electrons. The second-order valence-electron chi connectivity index (χ2n) is 7.16. The highest BCUT2D eigenvalue weighted by molar-refractivity contribution is 5.99. The van der Waals surface area contributed by atoms with Gasteiger partial charge in [0.1, 0.15) is 18.7 Å². The normalized spacial score (nSPS) is 22.0. The van der Waals surface area contributed by atoms with E-state index in [1.807, 2.05) is 36.4 Å². The van der Waals surface area contributed by atoms with Crippen LogP contribution in [0.1, 0.15) is 22.3 Å². The van der Waals surface area contributed by atoms with Gasteiger partial charge in [0, 0.05) is 18.5 Å². The summed E-state index contributed by atoms with van der Waals surface area (Å²) in [6, 6.07) is 17.1. The van der Waals surface area contributed by atoms with Crippen LogP contribution in [0.2, 0.25) is 0 Å². The molecule has 0 spiro atoms. The van der Waals surface area contributed by atoms with Gasteiger partial charge in [-0.05, 0) is 24.1 Å². The monoisotopic (exact) mass is 378 g/mol. The molecule has 4 rings (SSSR count). The number of fused-ring (bicyclic) bond motifs is 1. The predicted octanol–water partition coefficient (Wildman–Crippen LogP) is 1.60. The Morgan fingerprint density at radius 2 is 1.75 bits per heavy atom. The van der Waals surface area contributed by atoms with Crippen molar-refractivity contribution in [3.8, 4) is 0 Å². The number of amides is 2. The first-order chi connectivity index (χ1) is 13.6. The van der Waals surface area contributed by atoms with Crippen LogP contribution in [0.3, 0.4) is 0 Å². The molecule has 2 unspecified atom stereocenters. The van der Waals surface area contributed by atoms with Gasteiger partial charge in [-0.2, -0.15) is 0 Å². The fraction of sp³-hybridized carbons (Fsp3) is 0.318. The second kappa shape index (κ2) is 7.94. The molecule has 3 atom stereocenters. The molecule has 2 amide bonds. The average molecular weight is 378 g/mol. The van der Waals surface area contributed by atoms with Crippen molar-refractivity contribution < 1.29 is 19.1 Å². The van der Waals surface area contributed by atoms with E-state index in [0.29, 0.717) is 24.9 Å². The van der Waals surface area contributed by atoms with Gasteiger partial charge in [-0.25, -0.2) is 0 Å². The molecule has 0 saturated carbocycles. The molecule has 2 saturated heterocycles. The van der Waals surface area contributed by atoms with E-state index in [9.17, 15) is 14.4 Å². The lowest BCUT2D eigenvalue weighted by Crippen LogP contribution is -2.53. The van der Waals surface area contributed by atoms with Crippen LogP contribution >= 0.6 is 0 Å². The lowest BCUT2D eigenvalue weighted by atomic mass is 10.0. The van der Waals surface area contributed by atoms with Gasteiger partial charge in [0.2, 0.25) is 5.91 Å². The lowest BCUT2D eigenvalue weighted by molar-refractivity contribution is -0.138. The third-order valence-corrected chi connectivity index (χ3v) is 5.32. The minimum Gasteiger partial charge on any atom is -0.368 e. The summed E-state index contributed by atoms with van der Waals surface area (Å²) in [5, 5.41) is 2.87. The minimum absolute atomic E-state index is 0.0544. The van der Waals surface area contributed by atoms with Crippen molar-refractivity contribution in [3.63, 3.8) is 0 Å². The molecule has 6 heteroatoms. The Labute approximate surface area is 163 Å². The van der Waals surface area contributed by atoms with Crippen molar-refractivity contribution in [1.29, 1.82) is 0 Å². The van der Waals surface area contributed by atoms with E-state index in [2.05, 4.69) is 5.32 Å². The lowest BCUT2D eigenvalue weighted by Gasteiger charge is -2.27. The molecule has 144 valence electrons. The van der Waals surface area contributed by atoms with Crippen molar-refractivity contribution in [3.05, 3.63) is 71.8 Å². The standard InChI is InChI=1S/C22H22N2O4/c25-18-14-28-19-11-12-24(20(18)19)22(27)17(13-15-7-3-1-4-8-15)23-21(26)16-9-5-2-6-10-16/h1-10,17,19-20H,11-14H2,(H,23,26)/t17?,19-,20?/m0/s1. The van der Waals surface area contributed by atoms with E-state index in [-0.39, 0.29) is 30.3 Å². The fourth-order valence-electron chi connectivity index (χ4n) is 3.92. The van der Waals surface area contributed by atoms with Gasteiger partial charge >= 0.3 is 0 Å². The molecule has 2 aromatic carbocycles. The zero-order valence-electron chi connectivity index (χ0n) is 15.4. The molecule has 2 heterocycles. The summed E-state index contributed by atoms with van der Waals surface area (Å²) in [7, 11) is 0. The topological polar surface area (TPSA) is 75.7 Å². The predicted molar refractivity (Wildman–Crippen MR) is 103 cm³/mol. The summed E-state index contributed by atoms with van der Waals surface area (Å²) < 4.78 is 5.49. The smallest absolute Gasteiger partial charge is 0.251 e. The first-order valence-electron chi connectivity index (χ1n) is 9.48. The van der Waals surface area contributed by atoms with Crippen LogP contribution in [-0.2, 0) is 20.7 Å². The molecule has 2 fully saturated rings. The summed E-state index contributed by atoms with van der Waals surface area (Å²) in [4.78, 5) is 39.8. The Balaban J connectivity index is 1.56. The fourth-order valence-corrected chi connectivity index (χ4v) is 3.92. The molecule has 28 heavy (non-hydrogen) atoms. The van der Waals surface area contributed by atoms with Crippen LogP contribution in [-0.4, -0.2) is 53.8 Å². The first-order valence-corrected chi connectivity index (χ1v) is 9.48. The van der Waals surface area contributed by atoms with Crippen molar-refractivity contribution in [1.82, 2.24) is 10.2 Å². The number of nitrogens with zero attached hydrogens (tertiary/aromatic N) is 1. The van der Waals surface area contributed by atoms with Crippen LogP contribution in [0.5, 0.6) is 0 Å². The Morgan fingerprint density at radius 1 is 1.07 bits per heavy atom. The number of carbonyl (C=O) groups excluding carboxylic acids is 3. The van der Waals surface area contributed by atoms with Gasteiger partial charge in [0.25, 0.3) is 5.91 Å². The summed E-state index contributed by atoms with van der Waals surface area (Å²) in [6.45, 7) is 0.519. The van der Waals surface area contributed by atoms with Crippen molar-refractivity contribution >= 4 is 17.6 Å². The van der Waals surface area contributed by atoms with E-state index in [1.54, 1.807) is 29.2 Å². The zero-order chi connectivity index (χ0) is 19.5. The number of nitrogens with one attached hydrogen (secondary N) is 1. The maximum absolute atomic E-state index is 13.3. The SMILES string of the molecule is O=C(NC(Cc1ccccc1)C(=O)N1CC[C@@H]2OCC(=O)C21)c1ccccc1. The third kappa shape index (κ3) is 3.68. The summed E-state index contributed by atoms with van der Waals surface area (Å²) >= 11 is 0. The van der Waals surface area contributed by atoms with Crippen LogP contribution in [0.4, 0.5) is 0 Å². The van der Waals surface area contributed by atoms with Gasteiger partial charge in [-0.1, -0.05) is 48.5 Å². The first kappa shape index (κ1) is 18.4. The molecule has 0 aliphatic carbocycles. The van der Waals surface area contributed by atoms with Crippen molar-refractivity contribution in [2.24, 2.45) is 0 Å². The Bertz CT molecular complexity index is 869. The number of carbonyl (C=O) groups is 3. The van der Waals surface area contributed by atoms with Crippen LogP contribution < -0.4 is 5.32 Å². The highest BCUT2D eigenvalue weighted by Crippen LogP contribution is 2.28. The van der Waals surface area contributed by atoms with E-state index < -0.39 is 12.1 Å². The molecular weight excluding hydrogens is 356 g/mol. The number of Topliss-reactive ketones (excluding diaryl/α,β-unsaturated/α-hetero) is 1. The molecule has 0 aromatic heterocycles. The maximum atomic E-state index is 13.3. The Morgan fingerprint density at radius 3 is 2.46 bits per heavy atom. The number of hydrogen-bond donors (Lipinski definition) is 1. The molecule has 0 bridgehead atoms. The molecular formula is C22H22N2O4. The number of benzene rings is 2. The summed E-state index contributed by atoms with van der Waals surface area (Å²) in [6.07, 6.45) is 0.784. The van der Waals surface area contributed by atoms with E-state index in [1.165, 1.54) is 0 Å². The minimum atomic E-state index is -0.748. The van der Waals surface area contributed by atoms with Gasteiger partial charge in [0.15, 0.2) is 5.78 Å². The van der Waals surface area contributed by atoms with E-state index in [0.717, 1.165) is 5.56 Å². The zero-order valence-corrected chi connectivity index (χ0v) is 15.4. The number of ether oxygens (including phenoxy) is 1. The Hall–Kier alpha value is -2.99. The molecule has 2 aromatic rings. The number of likely N-dealkylation sites (tertiary alicyclic amines) is 1. The van der Waals surface area contributed by atoms with Gasteiger partial charge < -0.3 is 15.0 Å². The second-order valence-corrected chi connectivity index (χ2v) is 7.16. The van der Waals surface area contributed by atoms with Gasteiger partial charge in [0.05, 0.1) is 6.10 Å². The van der Waals surface area contributed by atoms with E-state index in [4.69, 9.17) is 4.74 Å². The summed E-state index contributed by atoms with van der Waals surface area (Å²) in [5.74, 6) is -0.609. The summed E-state index contributed by atoms with van der Waals surface area (Å²) in [5.41, 5.74) is 1.44. The molecule has 1 N–H and O–H groups in total. The third-order valence-electron chi connectivity index (χ3n) is 5.32. The van der Waals surface area contributed by atoms with Crippen molar-refractivity contribution in [2.45, 2.75) is 31.0 Å². The maximum Gasteiger partial charge on any atom is 0.251 e. The van der Waals surface area contributed by atoms with Crippen LogP contribution in [0.25, 0.3) is 0 Å². The highest BCUT2D eigenvalue weighted by atomic mass is 16.5. The van der Waals surface area contributed by atoms with Crippen LogP contribution in [0, 0.1) is 0 Å². The quantitative estimate of drug-likeness (QED) is 0.858. The Kier molecular flexibility index (Phi) is 5.21. The van der Waals surface area contributed by atoms with Crippen LogP contribution in [0.15, 0.2) is 60.7 Å². The van der Waals surface area contributed by atoms with Crippen molar-refractivity contribution in [2.75, 3.05) is 13.2 Å². The number of hydrogen-bond acceptors (Lipinski definition) is 4. The number of ketones is 1. The number of rotatable bonds is 5. The van der Waals surface area contributed by atoms with Gasteiger partial charge in [-0.3, -0.25) is 14.4 Å². The molecule has 2 aliphatic rings. The largest absolute Gasteiger partial charge is 0.368 e. The van der Waals surface area contributed by atoms with E-state index >= 15 is 0 Å².